The molecule has 0 aromatic heterocycles. The number of hydrogen-bond donors (Lipinski definition) is 2. The minimum Gasteiger partial charge on any atom is -0.427 e. The van der Waals surface area contributed by atoms with Gasteiger partial charge < -0.3 is 10.5 Å². The van der Waals surface area contributed by atoms with Gasteiger partial charge in [-0.15, -0.1) is 0 Å². The number of esters is 1. The van der Waals surface area contributed by atoms with Crippen molar-refractivity contribution in [1.29, 1.82) is 0 Å². The smallest absolute Gasteiger partial charge is 0.332 e. The second-order valence-electron chi connectivity index (χ2n) is 3.13. The summed E-state index contributed by atoms with van der Waals surface area (Å²) >= 11 is 0. The summed E-state index contributed by atoms with van der Waals surface area (Å²) < 4.78 is 4.99. The third kappa shape index (κ3) is 4.78. The van der Waals surface area contributed by atoms with Crippen molar-refractivity contribution < 1.29 is 14.3 Å². The number of amides is 2. The molecule has 90 valence electrons. The summed E-state index contributed by atoms with van der Waals surface area (Å²) in [6, 6.07) is 5.95. The number of ether oxygens (including phenoxy) is 1. The lowest BCUT2D eigenvalue weighted by atomic mass is 10.2. The van der Waals surface area contributed by atoms with Gasteiger partial charge in [0.05, 0.1) is 6.21 Å². The van der Waals surface area contributed by atoms with Gasteiger partial charge in [0, 0.05) is 6.42 Å². The fourth-order valence-corrected chi connectivity index (χ4v) is 0.996. The van der Waals surface area contributed by atoms with Crippen LogP contribution in [0.15, 0.2) is 29.4 Å². The highest BCUT2D eigenvalue weighted by atomic mass is 16.5. The van der Waals surface area contributed by atoms with Crippen LogP contribution in [0.25, 0.3) is 0 Å². The summed E-state index contributed by atoms with van der Waals surface area (Å²) in [4.78, 5) is 21.3. The maximum absolute atomic E-state index is 11.0. The van der Waals surface area contributed by atoms with E-state index in [1.54, 1.807) is 31.2 Å². The topological polar surface area (TPSA) is 93.8 Å². The van der Waals surface area contributed by atoms with Crippen LogP contribution in [0.3, 0.4) is 0 Å². The van der Waals surface area contributed by atoms with E-state index >= 15 is 0 Å². The predicted molar refractivity (Wildman–Crippen MR) is 62.7 cm³/mol. The highest BCUT2D eigenvalue weighted by Gasteiger charge is 2.00. The Morgan fingerprint density at radius 2 is 2.06 bits per heavy atom. The normalized spacial score (nSPS) is 10.2. The molecular weight excluding hydrogens is 222 g/mol. The lowest BCUT2D eigenvalue weighted by Gasteiger charge is -2.02. The summed E-state index contributed by atoms with van der Waals surface area (Å²) in [7, 11) is 0. The molecule has 0 saturated heterocycles. The molecule has 0 unspecified atom stereocenters. The van der Waals surface area contributed by atoms with Crippen molar-refractivity contribution >= 4 is 18.2 Å². The molecule has 0 aliphatic rings. The quantitative estimate of drug-likeness (QED) is 0.353. The molecule has 0 radical (unpaired) electrons. The number of rotatable bonds is 4. The molecule has 0 spiro atoms. The van der Waals surface area contributed by atoms with E-state index in [4.69, 9.17) is 10.5 Å². The van der Waals surface area contributed by atoms with Crippen LogP contribution < -0.4 is 15.9 Å². The first-order valence-corrected chi connectivity index (χ1v) is 5.01. The van der Waals surface area contributed by atoms with Gasteiger partial charge in [-0.05, 0) is 29.8 Å². The Hall–Kier alpha value is -2.37. The molecule has 1 rings (SSSR count). The molecule has 2 amide bonds. The maximum Gasteiger partial charge on any atom is 0.332 e. The SMILES string of the molecule is CCC(=O)Oc1ccc(C=NNC(N)=O)cc1. The van der Waals surface area contributed by atoms with Gasteiger partial charge in [0.1, 0.15) is 5.75 Å². The summed E-state index contributed by atoms with van der Waals surface area (Å²) in [6.45, 7) is 1.72. The molecule has 0 aliphatic heterocycles. The molecular formula is C11H13N3O3. The van der Waals surface area contributed by atoms with E-state index in [-0.39, 0.29) is 5.97 Å². The van der Waals surface area contributed by atoms with Crippen LogP contribution in [0.4, 0.5) is 4.79 Å². The van der Waals surface area contributed by atoms with E-state index in [0.29, 0.717) is 12.2 Å². The van der Waals surface area contributed by atoms with Gasteiger partial charge in [-0.3, -0.25) is 4.79 Å². The molecule has 0 atom stereocenters. The Kier molecular flexibility index (Phi) is 4.68. The monoisotopic (exact) mass is 235 g/mol. The minimum atomic E-state index is -0.727. The first kappa shape index (κ1) is 12.7. The van der Waals surface area contributed by atoms with Crippen LogP contribution in [0, 0.1) is 0 Å². The predicted octanol–water partition coefficient (Wildman–Crippen LogP) is 1.00. The molecule has 6 heteroatoms. The minimum absolute atomic E-state index is 0.290. The summed E-state index contributed by atoms with van der Waals surface area (Å²) in [5.41, 5.74) is 7.65. The average Bonchev–Trinajstić information content (AvgIpc) is 2.31. The zero-order valence-corrected chi connectivity index (χ0v) is 9.34. The number of benzene rings is 1. The Labute approximate surface area is 98.4 Å². The third-order valence-electron chi connectivity index (χ3n) is 1.79. The van der Waals surface area contributed by atoms with Crippen molar-refractivity contribution in [2.24, 2.45) is 10.8 Å². The number of nitrogens with zero attached hydrogens (tertiary/aromatic N) is 1. The molecule has 3 N–H and O–H groups in total. The number of nitrogens with two attached hydrogens (primary N) is 1. The molecule has 0 fully saturated rings. The zero-order chi connectivity index (χ0) is 12.7. The molecule has 1 aromatic carbocycles. The number of carbonyl (C=O) groups is 2. The summed E-state index contributed by atoms with van der Waals surface area (Å²) in [6.07, 6.45) is 1.75. The van der Waals surface area contributed by atoms with E-state index in [0.717, 1.165) is 5.56 Å². The second kappa shape index (κ2) is 6.26. The standard InChI is InChI=1S/C11H13N3O3/c1-2-10(15)17-9-5-3-8(4-6-9)7-13-14-11(12)16/h3-7H,2H2,1H3,(H3,12,14,16). The Morgan fingerprint density at radius 3 is 2.59 bits per heavy atom. The van der Waals surface area contributed by atoms with Crippen molar-refractivity contribution in [2.45, 2.75) is 13.3 Å². The second-order valence-corrected chi connectivity index (χ2v) is 3.13. The molecule has 0 aliphatic carbocycles. The highest BCUT2D eigenvalue weighted by molar-refractivity contribution is 5.81. The number of hydrogen-bond acceptors (Lipinski definition) is 4. The molecule has 0 saturated carbocycles. The van der Waals surface area contributed by atoms with E-state index in [2.05, 4.69) is 10.5 Å². The van der Waals surface area contributed by atoms with Crippen molar-refractivity contribution in [3.05, 3.63) is 29.8 Å². The largest absolute Gasteiger partial charge is 0.427 e. The molecule has 0 heterocycles. The number of hydrazone groups is 1. The lowest BCUT2D eigenvalue weighted by molar-refractivity contribution is -0.134. The van der Waals surface area contributed by atoms with E-state index < -0.39 is 6.03 Å². The van der Waals surface area contributed by atoms with Crippen LogP contribution >= 0.6 is 0 Å². The highest BCUT2D eigenvalue weighted by Crippen LogP contribution is 2.11. The number of nitrogens with one attached hydrogen (secondary N) is 1. The zero-order valence-electron chi connectivity index (χ0n) is 9.34. The molecule has 1 aromatic rings. The molecule has 6 nitrogen and oxygen atoms in total. The number of urea groups is 1. The average molecular weight is 235 g/mol. The van der Waals surface area contributed by atoms with Crippen molar-refractivity contribution in [3.8, 4) is 5.75 Å². The van der Waals surface area contributed by atoms with Crippen LogP contribution in [-0.4, -0.2) is 18.2 Å². The van der Waals surface area contributed by atoms with Crippen molar-refractivity contribution in [1.82, 2.24) is 5.43 Å². The summed E-state index contributed by atoms with van der Waals surface area (Å²) in [5, 5.41) is 3.59. The van der Waals surface area contributed by atoms with Crippen molar-refractivity contribution in [2.75, 3.05) is 0 Å². The first-order valence-electron chi connectivity index (χ1n) is 5.01. The fraction of sp³-hybridized carbons (Fsp3) is 0.182. The van der Waals surface area contributed by atoms with Crippen LogP contribution in [-0.2, 0) is 4.79 Å². The van der Waals surface area contributed by atoms with Gasteiger partial charge in [0.15, 0.2) is 0 Å². The molecule has 17 heavy (non-hydrogen) atoms. The first-order chi connectivity index (χ1) is 8.11. The lowest BCUT2D eigenvalue weighted by Crippen LogP contribution is -2.24. The van der Waals surface area contributed by atoms with Gasteiger partial charge in [-0.2, -0.15) is 5.10 Å². The number of carbonyl (C=O) groups excluding carboxylic acids is 2. The van der Waals surface area contributed by atoms with E-state index in [9.17, 15) is 9.59 Å². The van der Waals surface area contributed by atoms with E-state index in [1.807, 2.05) is 0 Å². The third-order valence-corrected chi connectivity index (χ3v) is 1.79. The van der Waals surface area contributed by atoms with Crippen LogP contribution in [0.2, 0.25) is 0 Å². The van der Waals surface area contributed by atoms with Gasteiger partial charge in [0.25, 0.3) is 0 Å². The van der Waals surface area contributed by atoms with Crippen LogP contribution in [0.1, 0.15) is 18.9 Å². The fourth-order valence-electron chi connectivity index (χ4n) is 0.996. The van der Waals surface area contributed by atoms with Gasteiger partial charge in [0.2, 0.25) is 0 Å². The van der Waals surface area contributed by atoms with Gasteiger partial charge in [-0.1, -0.05) is 6.92 Å². The van der Waals surface area contributed by atoms with Crippen LogP contribution in [0.5, 0.6) is 5.75 Å². The Bertz CT molecular complexity index is 426. The Morgan fingerprint density at radius 1 is 1.41 bits per heavy atom. The molecule has 0 bridgehead atoms. The Balaban J connectivity index is 2.58. The van der Waals surface area contributed by atoms with Gasteiger partial charge in [-0.25, -0.2) is 10.2 Å². The van der Waals surface area contributed by atoms with Gasteiger partial charge >= 0.3 is 12.0 Å². The van der Waals surface area contributed by atoms with E-state index in [1.165, 1.54) is 6.21 Å². The summed E-state index contributed by atoms with van der Waals surface area (Å²) in [5.74, 6) is 0.179. The number of primary amides is 1. The van der Waals surface area contributed by atoms with Crippen molar-refractivity contribution in [3.63, 3.8) is 0 Å². The maximum atomic E-state index is 11.0.